The Morgan fingerprint density at radius 3 is 2.57 bits per heavy atom. The summed E-state index contributed by atoms with van der Waals surface area (Å²) in [6, 6.07) is 0. The van der Waals surface area contributed by atoms with Crippen LogP contribution in [0.25, 0.3) is 0 Å². The molecule has 2 N–H and O–H groups in total. The molecule has 0 heterocycles. The minimum Gasteiger partial charge on any atom is -0.392 e. The van der Waals surface area contributed by atoms with Gasteiger partial charge in [-0.3, -0.25) is 4.79 Å². The summed E-state index contributed by atoms with van der Waals surface area (Å²) in [5.41, 5.74) is -0.191. The number of carbonyl (C=O) groups is 1. The first-order chi connectivity index (χ1) is 13.8. The highest BCUT2D eigenvalue weighted by molar-refractivity contribution is 6.27. The van der Waals surface area contributed by atoms with E-state index in [2.05, 4.69) is 26.8 Å². The summed E-state index contributed by atoms with van der Waals surface area (Å²) in [5, 5.41) is 21.0. The fourth-order valence-electron chi connectivity index (χ4n) is 8.56. The second kappa shape index (κ2) is 7.20. The SMILES string of the molecule is [B]C(O)(C[C@@H](C)C1CCC2C3CC=C4C[C@@](C)(O)CCC4(C)C3CCC21C)C(C)=O. The average molecular weight is 412 g/mol. The van der Waals surface area contributed by atoms with E-state index in [9.17, 15) is 15.0 Å². The summed E-state index contributed by atoms with van der Waals surface area (Å²) >= 11 is 0. The largest absolute Gasteiger partial charge is 0.392 e. The van der Waals surface area contributed by atoms with Gasteiger partial charge in [-0.2, -0.15) is 0 Å². The molecule has 0 bridgehead atoms. The van der Waals surface area contributed by atoms with Gasteiger partial charge in [-0.25, -0.2) is 0 Å². The molecule has 3 saturated carbocycles. The van der Waals surface area contributed by atoms with E-state index in [4.69, 9.17) is 7.85 Å². The highest BCUT2D eigenvalue weighted by atomic mass is 16.3. The number of fused-ring (bicyclic) bond motifs is 5. The number of carbonyl (C=O) groups excluding carboxylic acids is 1. The zero-order valence-electron chi connectivity index (χ0n) is 19.7. The van der Waals surface area contributed by atoms with Crippen LogP contribution < -0.4 is 0 Å². The van der Waals surface area contributed by atoms with Crippen molar-refractivity contribution in [3.63, 3.8) is 0 Å². The quantitative estimate of drug-likeness (QED) is 0.516. The molecule has 7 unspecified atom stereocenters. The van der Waals surface area contributed by atoms with Gasteiger partial charge in [-0.05, 0) is 112 Å². The maximum absolute atomic E-state index is 11.8. The van der Waals surface area contributed by atoms with Gasteiger partial charge in [-0.15, -0.1) is 0 Å². The first-order valence-corrected chi connectivity index (χ1v) is 12.2. The van der Waals surface area contributed by atoms with Crippen molar-refractivity contribution in [3.8, 4) is 0 Å². The molecule has 0 aromatic heterocycles. The Balaban J connectivity index is 1.56. The molecule has 4 heteroatoms. The lowest BCUT2D eigenvalue weighted by atomic mass is 9.46. The number of hydrogen-bond acceptors (Lipinski definition) is 3. The van der Waals surface area contributed by atoms with Crippen molar-refractivity contribution in [2.45, 2.75) is 104 Å². The maximum Gasteiger partial charge on any atom is 0.151 e. The Labute approximate surface area is 184 Å². The first-order valence-electron chi connectivity index (χ1n) is 12.2. The fraction of sp³-hybridized carbons (Fsp3) is 0.885. The number of hydrogen-bond donors (Lipinski definition) is 2. The minimum absolute atomic E-state index is 0.241. The molecule has 0 amide bonds. The minimum atomic E-state index is -1.69. The molecule has 0 aromatic carbocycles. The van der Waals surface area contributed by atoms with Gasteiger partial charge >= 0.3 is 0 Å². The van der Waals surface area contributed by atoms with E-state index < -0.39 is 11.1 Å². The Hall–Kier alpha value is -0.605. The number of ketones is 1. The van der Waals surface area contributed by atoms with Crippen LogP contribution in [0.5, 0.6) is 0 Å². The summed E-state index contributed by atoms with van der Waals surface area (Å²) in [6.07, 6.45) is 11.8. The second-order valence-electron chi connectivity index (χ2n) is 12.3. The normalized spacial score (nSPS) is 48.6. The molecule has 0 saturated heterocycles. The second-order valence-corrected chi connectivity index (χ2v) is 12.3. The zero-order valence-corrected chi connectivity index (χ0v) is 19.7. The molecule has 4 aliphatic carbocycles. The van der Waals surface area contributed by atoms with Crippen LogP contribution in [0.15, 0.2) is 11.6 Å². The summed E-state index contributed by atoms with van der Waals surface area (Å²) in [7, 11) is 5.94. The van der Waals surface area contributed by atoms with Gasteiger partial charge in [0.2, 0.25) is 0 Å². The van der Waals surface area contributed by atoms with Crippen molar-refractivity contribution in [1.82, 2.24) is 0 Å². The molecule has 30 heavy (non-hydrogen) atoms. The predicted molar refractivity (Wildman–Crippen MR) is 121 cm³/mol. The first kappa shape index (κ1) is 22.6. The van der Waals surface area contributed by atoms with E-state index >= 15 is 0 Å². The van der Waals surface area contributed by atoms with E-state index in [0.717, 1.165) is 37.5 Å². The van der Waals surface area contributed by atoms with Gasteiger partial charge in [-0.1, -0.05) is 32.4 Å². The van der Waals surface area contributed by atoms with Crippen LogP contribution in [0.3, 0.4) is 0 Å². The third kappa shape index (κ3) is 3.45. The maximum atomic E-state index is 11.8. The van der Waals surface area contributed by atoms with Gasteiger partial charge in [0, 0.05) is 0 Å². The van der Waals surface area contributed by atoms with Crippen LogP contribution in [0.4, 0.5) is 0 Å². The van der Waals surface area contributed by atoms with Crippen molar-refractivity contribution in [1.29, 1.82) is 0 Å². The van der Waals surface area contributed by atoms with E-state index in [1.54, 1.807) is 0 Å². The van der Waals surface area contributed by atoms with Crippen LogP contribution in [-0.4, -0.2) is 34.9 Å². The van der Waals surface area contributed by atoms with Crippen LogP contribution in [-0.2, 0) is 4.79 Å². The van der Waals surface area contributed by atoms with Gasteiger partial charge in [0.1, 0.15) is 7.85 Å². The van der Waals surface area contributed by atoms with E-state index in [-0.39, 0.29) is 22.5 Å². The summed E-state index contributed by atoms with van der Waals surface area (Å²) in [4.78, 5) is 11.8. The molecule has 4 rings (SSSR count). The highest BCUT2D eigenvalue weighted by Crippen LogP contribution is 2.67. The van der Waals surface area contributed by atoms with Crippen molar-refractivity contribution in [2.24, 2.45) is 40.4 Å². The number of aliphatic hydroxyl groups is 2. The molecule has 2 radical (unpaired) electrons. The molecule has 3 nitrogen and oxygen atoms in total. The number of allylic oxidation sites excluding steroid dienone is 1. The molecule has 0 aromatic rings. The van der Waals surface area contributed by atoms with Gasteiger partial charge in [0.25, 0.3) is 0 Å². The molecule has 9 atom stereocenters. The average Bonchev–Trinajstić information content (AvgIpc) is 2.99. The van der Waals surface area contributed by atoms with Gasteiger partial charge < -0.3 is 10.2 Å². The summed E-state index contributed by atoms with van der Waals surface area (Å²) < 4.78 is 0. The molecule has 3 fully saturated rings. The van der Waals surface area contributed by atoms with Gasteiger partial charge in [0.15, 0.2) is 5.78 Å². The van der Waals surface area contributed by atoms with E-state index in [1.165, 1.54) is 38.2 Å². The van der Waals surface area contributed by atoms with E-state index in [1.807, 2.05) is 6.92 Å². The summed E-state index contributed by atoms with van der Waals surface area (Å²) in [6.45, 7) is 10.5. The topological polar surface area (TPSA) is 57.5 Å². The zero-order chi connectivity index (χ0) is 22.1. The van der Waals surface area contributed by atoms with Crippen LogP contribution >= 0.6 is 0 Å². The lowest BCUT2D eigenvalue weighted by molar-refractivity contribution is -0.130. The molecule has 0 aliphatic heterocycles. The monoisotopic (exact) mass is 412 g/mol. The van der Waals surface area contributed by atoms with Crippen molar-refractivity contribution >= 4 is 13.6 Å². The van der Waals surface area contributed by atoms with Crippen molar-refractivity contribution < 1.29 is 15.0 Å². The Kier molecular flexibility index (Phi) is 5.42. The van der Waals surface area contributed by atoms with Crippen molar-refractivity contribution in [2.75, 3.05) is 0 Å². The van der Waals surface area contributed by atoms with E-state index in [0.29, 0.717) is 18.3 Å². The highest BCUT2D eigenvalue weighted by Gasteiger charge is 2.59. The third-order valence-corrected chi connectivity index (χ3v) is 10.4. The number of rotatable bonds is 4. The smallest absolute Gasteiger partial charge is 0.151 e. The third-order valence-electron chi connectivity index (χ3n) is 10.4. The molecule has 4 aliphatic rings. The molecule has 166 valence electrons. The van der Waals surface area contributed by atoms with Crippen LogP contribution in [0.1, 0.15) is 92.4 Å². The summed E-state index contributed by atoms with van der Waals surface area (Å²) in [5.74, 6) is 2.59. The predicted octanol–water partition coefficient (Wildman–Crippen LogP) is 4.79. The molecular formula is C26H41BO3. The fourth-order valence-corrected chi connectivity index (χ4v) is 8.56. The lowest BCUT2D eigenvalue weighted by Crippen LogP contribution is -2.52. The number of Topliss-reactive ketones (excluding diaryl/α,β-unsaturated/α-hetero) is 1. The Morgan fingerprint density at radius 1 is 1.20 bits per heavy atom. The Morgan fingerprint density at radius 2 is 1.90 bits per heavy atom. The molecular weight excluding hydrogens is 371 g/mol. The van der Waals surface area contributed by atoms with Crippen LogP contribution in [0.2, 0.25) is 0 Å². The van der Waals surface area contributed by atoms with Crippen molar-refractivity contribution in [3.05, 3.63) is 11.6 Å². The van der Waals surface area contributed by atoms with Gasteiger partial charge in [0.05, 0.1) is 11.1 Å². The Bertz CT molecular complexity index is 741. The standard InChI is InChI=1S/C26H41BO3/c1-16(14-26(27,30)17(2)28)20-8-9-21-19-7-6-18-15-23(3,29)12-13-24(18,4)22(19)10-11-25(20,21)5/h6,16,19-22,29-30H,7-15H2,1-5H3/t16-,19?,20?,21?,22?,23+,24?,25?,26?/m1/s1. The lowest BCUT2D eigenvalue weighted by Gasteiger charge is -2.59. The molecule has 0 spiro atoms. The van der Waals surface area contributed by atoms with Crippen LogP contribution in [0, 0.1) is 40.4 Å².